The quantitative estimate of drug-likeness (QED) is 0.455. The first-order valence-electron chi connectivity index (χ1n) is 11.1. The van der Waals surface area contributed by atoms with Gasteiger partial charge in [-0.25, -0.2) is 8.42 Å². The standard InChI is InChI=1S/C25H26N2O6S2/c1-32-21-10-5-9-20(17-21)26-24(28)23(18-7-3-2-4-8-18)33-25(29)19-12-14-27(15-13-19)35(30,31)22-11-6-16-34-22/h2-11,16-17,19,23H,12-15H2,1H3,(H,26,28). The molecule has 35 heavy (non-hydrogen) atoms. The molecule has 8 nitrogen and oxygen atoms in total. The zero-order valence-corrected chi connectivity index (χ0v) is 20.8. The van der Waals surface area contributed by atoms with Crippen molar-refractivity contribution in [3.05, 3.63) is 77.7 Å². The number of carbonyl (C=O) groups excluding carboxylic acids is 2. The fraction of sp³-hybridized carbons (Fsp3) is 0.280. The van der Waals surface area contributed by atoms with Crippen LogP contribution in [-0.4, -0.2) is 44.8 Å². The van der Waals surface area contributed by atoms with Crippen LogP contribution in [0.3, 0.4) is 0 Å². The van der Waals surface area contributed by atoms with Gasteiger partial charge in [-0.1, -0.05) is 42.5 Å². The van der Waals surface area contributed by atoms with Crippen LogP contribution in [0.25, 0.3) is 0 Å². The Balaban J connectivity index is 1.44. The van der Waals surface area contributed by atoms with Crippen LogP contribution in [0.5, 0.6) is 5.75 Å². The lowest BCUT2D eigenvalue weighted by Crippen LogP contribution is -2.41. The van der Waals surface area contributed by atoms with Crippen molar-refractivity contribution in [3.8, 4) is 5.75 Å². The van der Waals surface area contributed by atoms with Crippen LogP contribution in [-0.2, 0) is 24.3 Å². The SMILES string of the molecule is COc1cccc(NC(=O)C(OC(=O)C2CCN(S(=O)(=O)c3cccs3)CC2)c2ccccc2)c1. The van der Waals surface area contributed by atoms with Gasteiger partial charge >= 0.3 is 5.97 Å². The van der Waals surface area contributed by atoms with E-state index in [1.165, 1.54) is 22.8 Å². The maximum atomic E-state index is 13.1. The van der Waals surface area contributed by atoms with E-state index in [4.69, 9.17) is 9.47 Å². The molecule has 0 spiro atoms. The number of ether oxygens (including phenoxy) is 2. The highest BCUT2D eigenvalue weighted by Gasteiger charge is 2.35. The summed E-state index contributed by atoms with van der Waals surface area (Å²) in [4.78, 5) is 26.2. The first kappa shape index (κ1) is 24.9. The highest BCUT2D eigenvalue weighted by molar-refractivity contribution is 7.91. The smallest absolute Gasteiger partial charge is 0.310 e. The van der Waals surface area contributed by atoms with Crippen molar-refractivity contribution in [2.24, 2.45) is 5.92 Å². The molecule has 0 aliphatic carbocycles. The first-order chi connectivity index (χ1) is 16.9. The molecule has 3 aromatic rings. The molecule has 184 valence electrons. The van der Waals surface area contributed by atoms with Crippen molar-refractivity contribution in [3.63, 3.8) is 0 Å². The summed E-state index contributed by atoms with van der Waals surface area (Å²) >= 11 is 1.17. The summed E-state index contributed by atoms with van der Waals surface area (Å²) in [7, 11) is -2.03. The lowest BCUT2D eigenvalue weighted by molar-refractivity contribution is -0.160. The largest absolute Gasteiger partial charge is 0.497 e. The zero-order chi connectivity index (χ0) is 24.8. The molecule has 1 atom stereocenters. The number of nitrogens with one attached hydrogen (secondary N) is 1. The third kappa shape index (κ3) is 5.90. The van der Waals surface area contributed by atoms with Gasteiger partial charge in [-0.05, 0) is 36.4 Å². The van der Waals surface area contributed by atoms with Crippen LogP contribution in [0.15, 0.2) is 76.3 Å². The minimum Gasteiger partial charge on any atom is -0.497 e. The monoisotopic (exact) mass is 514 g/mol. The van der Waals surface area contributed by atoms with Gasteiger partial charge < -0.3 is 14.8 Å². The number of thiophene rings is 1. The van der Waals surface area contributed by atoms with Crippen molar-refractivity contribution in [2.75, 3.05) is 25.5 Å². The number of esters is 1. The van der Waals surface area contributed by atoms with Gasteiger partial charge in [0.2, 0.25) is 6.10 Å². The van der Waals surface area contributed by atoms with E-state index in [0.29, 0.717) is 29.8 Å². The molecule has 1 aromatic heterocycles. The highest BCUT2D eigenvalue weighted by atomic mass is 32.2. The van der Waals surface area contributed by atoms with Crippen LogP contribution in [0, 0.1) is 5.92 Å². The Morgan fingerprint density at radius 3 is 2.43 bits per heavy atom. The summed E-state index contributed by atoms with van der Waals surface area (Å²) in [6.07, 6.45) is -0.506. The van der Waals surface area contributed by atoms with Gasteiger partial charge in [-0.2, -0.15) is 4.31 Å². The number of carbonyl (C=O) groups is 2. The number of piperidine rings is 1. The van der Waals surface area contributed by atoms with Crippen LogP contribution in [0.2, 0.25) is 0 Å². The number of hydrogen-bond acceptors (Lipinski definition) is 7. The number of amides is 1. The van der Waals surface area contributed by atoms with Crippen molar-refractivity contribution < 1.29 is 27.5 Å². The molecule has 1 saturated heterocycles. The molecule has 1 unspecified atom stereocenters. The Bertz CT molecular complexity index is 1250. The molecule has 1 N–H and O–H groups in total. The molecule has 1 fully saturated rings. The molecule has 0 bridgehead atoms. The van der Waals surface area contributed by atoms with Gasteiger partial charge in [0.05, 0.1) is 13.0 Å². The van der Waals surface area contributed by atoms with E-state index in [9.17, 15) is 18.0 Å². The molecule has 1 aliphatic rings. The summed E-state index contributed by atoms with van der Waals surface area (Å²) in [5.74, 6) is -0.927. The lowest BCUT2D eigenvalue weighted by Gasteiger charge is -2.30. The number of rotatable bonds is 8. The first-order valence-corrected chi connectivity index (χ1v) is 13.4. The van der Waals surface area contributed by atoms with E-state index in [0.717, 1.165) is 0 Å². The number of methoxy groups -OCH3 is 1. The topological polar surface area (TPSA) is 102 Å². The van der Waals surface area contributed by atoms with Gasteiger partial charge in [-0.3, -0.25) is 9.59 Å². The van der Waals surface area contributed by atoms with Gasteiger partial charge in [0.15, 0.2) is 0 Å². The minimum absolute atomic E-state index is 0.214. The maximum Gasteiger partial charge on any atom is 0.310 e. The second-order valence-corrected chi connectivity index (χ2v) is 11.2. The number of benzene rings is 2. The average Bonchev–Trinajstić information content (AvgIpc) is 3.44. The second-order valence-electron chi connectivity index (χ2n) is 8.06. The zero-order valence-electron chi connectivity index (χ0n) is 19.1. The molecule has 2 heterocycles. The molecule has 4 rings (SSSR count). The fourth-order valence-electron chi connectivity index (χ4n) is 3.89. The Morgan fingerprint density at radius 1 is 1.03 bits per heavy atom. The average molecular weight is 515 g/mol. The van der Waals surface area contributed by atoms with Crippen LogP contribution in [0.1, 0.15) is 24.5 Å². The van der Waals surface area contributed by atoms with Crippen molar-refractivity contribution in [1.82, 2.24) is 4.31 Å². The summed E-state index contributed by atoms with van der Waals surface area (Å²) in [6.45, 7) is 0.429. The summed E-state index contributed by atoms with van der Waals surface area (Å²) < 4.78 is 38.1. The number of nitrogens with zero attached hydrogens (tertiary/aromatic N) is 1. The molecule has 2 aromatic carbocycles. The van der Waals surface area contributed by atoms with Gasteiger partial charge in [0.25, 0.3) is 15.9 Å². The van der Waals surface area contributed by atoms with Crippen LogP contribution < -0.4 is 10.1 Å². The molecular weight excluding hydrogens is 488 g/mol. The molecular formula is C25H26N2O6S2. The van der Waals surface area contributed by atoms with E-state index in [1.807, 2.05) is 6.07 Å². The third-order valence-corrected chi connectivity index (χ3v) is 9.06. The lowest BCUT2D eigenvalue weighted by atomic mass is 9.98. The Morgan fingerprint density at radius 2 is 1.77 bits per heavy atom. The van der Waals surface area contributed by atoms with Crippen LogP contribution in [0.4, 0.5) is 5.69 Å². The fourth-order valence-corrected chi connectivity index (χ4v) is 6.51. The van der Waals surface area contributed by atoms with E-state index in [2.05, 4.69) is 5.32 Å². The van der Waals surface area contributed by atoms with Crippen molar-refractivity contribution >= 4 is 38.9 Å². The number of hydrogen-bond donors (Lipinski definition) is 1. The molecule has 1 amide bonds. The number of anilines is 1. The minimum atomic E-state index is -3.56. The highest BCUT2D eigenvalue weighted by Crippen LogP contribution is 2.29. The normalized spacial score (nSPS) is 15.8. The maximum absolute atomic E-state index is 13.1. The van der Waals surface area contributed by atoms with E-state index < -0.39 is 33.9 Å². The van der Waals surface area contributed by atoms with Gasteiger partial charge in [0, 0.05) is 30.4 Å². The van der Waals surface area contributed by atoms with E-state index in [1.54, 1.807) is 66.0 Å². The van der Waals surface area contributed by atoms with Crippen LogP contribution >= 0.6 is 11.3 Å². The molecule has 0 radical (unpaired) electrons. The third-order valence-electron chi connectivity index (χ3n) is 5.79. The van der Waals surface area contributed by atoms with E-state index >= 15 is 0 Å². The summed E-state index contributed by atoms with van der Waals surface area (Å²) in [6, 6.07) is 19.0. The van der Waals surface area contributed by atoms with E-state index in [-0.39, 0.29) is 17.3 Å². The second kappa shape index (κ2) is 11.0. The summed E-state index contributed by atoms with van der Waals surface area (Å²) in [5.41, 5.74) is 1.05. The Labute approximate surface area is 208 Å². The summed E-state index contributed by atoms with van der Waals surface area (Å²) in [5, 5.41) is 4.50. The van der Waals surface area contributed by atoms with Crippen molar-refractivity contribution in [1.29, 1.82) is 0 Å². The Kier molecular flexibility index (Phi) is 7.84. The predicted octanol–water partition coefficient (Wildman–Crippen LogP) is 4.08. The van der Waals surface area contributed by atoms with Crippen molar-refractivity contribution in [2.45, 2.75) is 23.2 Å². The molecule has 0 saturated carbocycles. The molecule has 10 heteroatoms. The predicted molar refractivity (Wildman–Crippen MR) is 133 cm³/mol. The number of sulfonamides is 1. The van der Waals surface area contributed by atoms with Gasteiger partial charge in [0.1, 0.15) is 9.96 Å². The molecule has 1 aliphatic heterocycles. The van der Waals surface area contributed by atoms with Gasteiger partial charge in [-0.15, -0.1) is 11.3 Å². The Hall–Kier alpha value is -3.21.